The van der Waals surface area contributed by atoms with E-state index in [2.05, 4.69) is 21.9 Å². The monoisotopic (exact) mass is 269 g/mol. The SMILES string of the molecule is C=CCOC(=O)CCC(=O)Nc1cnc(Cl)cn1. The van der Waals surface area contributed by atoms with Crippen molar-refractivity contribution in [3.63, 3.8) is 0 Å². The number of esters is 1. The average Bonchev–Trinajstić information content (AvgIpc) is 2.36. The van der Waals surface area contributed by atoms with E-state index in [4.69, 9.17) is 16.3 Å². The van der Waals surface area contributed by atoms with Crippen molar-refractivity contribution in [2.45, 2.75) is 12.8 Å². The first-order chi connectivity index (χ1) is 8.61. The summed E-state index contributed by atoms with van der Waals surface area (Å²) in [5, 5.41) is 2.72. The van der Waals surface area contributed by atoms with Crippen LogP contribution in [-0.2, 0) is 14.3 Å². The van der Waals surface area contributed by atoms with E-state index in [1.54, 1.807) is 0 Å². The Morgan fingerprint density at radius 3 is 2.78 bits per heavy atom. The molecule has 1 aromatic heterocycles. The second-order valence-electron chi connectivity index (χ2n) is 3.24. The first kappa shape index (κ1) is 14.1. The molecule has 1 amide bonds. The number of hydrogen-bond donors (Lipinski definition) is 1. The van der Waals surface area contributed by atoms with Gasteiger partial charge in [-0.25, -0.2) is 9.97 Å². The summed E-state index contributed by atoms with van der Waals surface area (Å²) in [6, 6.07) is 0. The van der Waals surface area contributed by atoms with Gasteiger partial charge in [0.05, 0.1) is 18.8 Å². The van der Waals surface area contributed by atoms with E-state index < -0.39 is 5.97 Å². The molecule has 0 unspecified atom stereocenters. The predicted octanol–water partition coefficient (Wildman–Crippen LogP) is 1.58. The Morgan fingerprint density at radius 1 is 1.39 bits per heavy atom. The summed E-state index contributed by atoms with van der Waals surface area (Å²) in [5.74, 6) is -0.515. The van der Waals surface area contributed by atoms with Crippen molar-refractivity contribution >= 4 is 29.3 Å². The van der Waals surface area contributed by atoms with Crippen molar-refractivity contribution in [1.29, 1.82) is 0 Å². The molecule has 0 aromatic carbocycles. The molecule has 1 rings (SSSR count). The summed E-state index contributed by atoms with van der Waals surface area (Å²) in [6.45, 7) is 3.55. The van der Waals surface area contributed by atoms with E-state index in [0.29, 0.717) is 0 Å². The Balaban J connectivity index is 2.31. The van der Waals surface area contributed by atoms with E-state index in [0.717, 1.165) is 0 Å². The highest BCUT2D eigenvalue weighted by molar-refractivity contribution is 6.29. The Hall–Kier alpha value is -1.95. The molecule has 1 aromatic rings. The number of nitrogens with one attached hydrogen (secondary N) is 1. The maximum Gasteiger partial charge on any atom is 0.306 e. The molecule has 0 radical (unpaired) electrons. The summed E-state index contributed by atoms with van der Waals surface area (Å²) in [4.78, 5) is 30.1. The molecule has 0 aliphatic carbocycles. The summed E-state index contributed by atoms with van der Waals surface area (Å²) >= 11 is 5.54. The highest BCUT2D eigenvalue weighted by Crippen LogP contribution is 2.06. The van der Waals surface area contributed by atoms with Crippen LogP contribution >= 0.6 is 11.6 Å². The lowest BCUT2D eigenvalue weighted by Crippen LogP contribution is -2.15. The number of nitrogens with zero attached hydrogens (tertiary/aromatic N) is 2. The van der Waals surface area contributed by atoms with Gasteiger partial charge in [0.25, 0.3) is 0 Å². The molecular weight excluding hydrogens is 258 g/mol. The number of rotatable bonds is 6. The lowest BCUT2D eigenvalue weighted by molar-refractivity contribution is -0.143. The number of hydrogen-bond acceptors (Lipinski definition) is 5. The van der Waals surface area contributed by atoms with Gasteiger partial charge in [0.15, 0.2) is 5.82 Å². The fourth-order valence-electron chi connectivity index (χ4n) is 1.02. The van der Waals surface area contributed by atoms with Gasteiger partial charge in [-0.2, -0.15) is 0 Å². The summed E-state index contributed by atoms with van der Waals surface area (Å²) < 4.78 is 4.73. The third kappa shape index (κ3) is 5.40. The van der Waals surface area contributed by atoms with Crippen LogP contribution in [0.2, 0.25) is 5.15 Å². The first-order valence-electron chi connectivity index (χ1n) is 5.15. The number of carbonyl (C=O) groups is 2. The van der Waals surface area contributed by atoms with Crippen LogP contribution in [0.3, 0.4) is 0 Å². The maximum absolute atomic E-state index is 11.4. The third-order valence-electron chi connectivity index (χ3n) is 1.81. The minimum absolute atomic E-state index is 0.000686. The molecule has 0 atom stereocenters. The largest absolute Gasteiger partial charge is 0.461 e. The first-order valence-corrected chi connectivity index (χ1v) is 5.53. The zero-order valence-corrected chi connectivity index (χ0v) is 10.3. The number of carbonyl (C=O) groups excluding carboxylic acids is 2. The van der Waals surface area contributed by atoms with Gasteiger partial charge in [0.2, 0.25) is 5.91 Å². The Labute approximate surface area is 109 Å². The van der Waals surface area contributed by atoms with Crippen LogP contribution in [0, 0.1) is 0 Å². The summed E-state index contributed by atoms with van der Waals surface area (Å²) in [5.41, 5.74) is 0. The Kier molecular flexibility index (Phi) is 5.79. The van der Waals surface area contributed by atoms with Crippen LogP contribution in [0.1, 0.15) is 12.8 Å². The average molecular weight is 270 g/mol. The Bertz CT molecular complexity index is 434. The minimum Gasteiger partial charge on any atom is -0.461 e. The number of amides is 1. The number of ether oxygens (including phenoxy) is 1. The molecule has 1 N–H and O–H groups in total. The van der Waals surface area contributed by atoms with E-state index >= 15 is 0 Å². The van der Waals surface area contributed by atoms with Gasteiger partial charge in [0, 0.05) is 6.42 Å². The van der Waals surface area contributed by atoms with E-state index in [1.807, 2.05) is 0 Å². The molecular formula is C11H12ClN3O3. The van der Waals surface area contributed by atoms with Crippen LogP contribution in [0.15, 0.2) is 25.0 Å². The van der Waals surface area contributed by atoms with Crippen molar-refractivity contribution in [1.82, 2.24) is 9.97 Å². The van der Waals surface area contributed by atoms with Gasteiger partial charge >= 0.3 is 5.97 Å². The normalized spacial score (nSPS) is 9.61. The molecule has 6 nitrogen and oxygen atoms in total. The van der Waals surface area contributed by atoms with Crippen LogP contribution in [0.25, 0.3) is 0 Å². The summed E-state index contributed by atoms with van der Waals surface area (Å²) in [6.07, 6.45) is 4.12. The minimum atomic E-state index is -0.452. The lowest BCUT2D eigenvalue weighted by atomic mass is 10.3. The fourth-order valence-corrected chi connectivity index (χ4v) is 1.12. The van der Waals surface area contributed by atoms with Crippen molar-refractivity contribution in [2.75, 3.05) is 11.9 Å². The Morgan fingerprint density at radius 2 is 2.17 bits per heavy atom. The molecule has 0 aliphatic heterocycles. The molecule has 18 heavy (non-hydrogen) atoms. The molecule has 0 saturated heterocycles. The molecule has 0 aliphatic rings. The second kappa shape index (κ2) is 7.39. The number of aromatic nitrogens is 2. The van der Waals surface area contributed by atoms with Crippen molar-refractivity contribution < 1.29 is 14.3 Å². The molecule has 0 saturated carbocycles. The lowest BCUT2D eigenvalue weighted by Gasteiger charge is -2.04. The van der Waals surface area contributed by atoms with Gasteiger partial charge in [-0.15, -0.1) is 0 Å². The zero-order chi connectivity index (χ0) is 13.4. The van der Waals surface area contributed by atoms with E-state index in [9.17, 15) is 9.59 Å². The van der Waals surface area contributed by atoms with Gasteiger partial charge < -0.3 is 10.1 Å². The molecule has 1 heterocycles. The van der Waals surface area contributed by atoms with Crippen LogP contribution in [0.5, 0.6) is 0 Å². The van der Waals surface area contributed by atoms with Gasteiger partial charge in [-0.05, 0) is 0 Å². The van der Waals surface area contributed by atoms with Crippen molar-refractivity contribution in [2.24, 2.45) is 0 Å². The standard InChI is InChI=1S/C11H12ClN3O3/c1-2-5-18-11(17)4-3-10(16)15-9-7-13-8(12)6-14-9/h2,6-7H,1,3-5H2,(H,14,15,16). The van der Waals surface area contributed by atoms with E-state index in [-0.39, 0.29) is 36.3 Å². The molecule has 0 bridgehead atoms. The van der Waals surface area contributed by atoms with Gasteiger partial charge in [-0.3, -0.25) is 9.59 Å². The molecule has 0 spiro atoms. The van der Waals surface area contributed by atoms with Gasteiger partial charge in [0.1, 0.15) is 11.8 Å². The van der Waals surface area contributed by atoms with E-state index in [1.165, 1.54) is 18.5 Å². The molecule has 0 fully saturated rings. The van der Waals surface area contributed by atoms with Crippen LogP contribution in [-0.4, -0.2) is 28.5 Å². The topological polar surface area (TPSA) is 81.2 Å². The summed E-state index contributed by atoms with van der Waals surface area (Å²) in [7, 11) is 0. The predicted molar refractivity (Wildman–Crippen MR) is 66.1 cm³/mol. The molecule has 7 heteroatoms. The number of anilines is 1. The zero-order valence-electron chi connectivity index (χ0n) is 9.56. The van der Waals surface area contributed by atoms with Crippen molar-refractivity contribution in [3.05, 3.63) is 30.2 Å². The maximum atomic E-state index is 11.4. The van der Waals surface area contributed by atoms with Crippen molar-refractivity contribution in [3.8, 4) is 0 Å². The fraction of sp³-hybridized carbons (Fsp3) is 0.273. The molecule has 96 valence electrons. The van der Waals surface area contributed by atoms with Crippen LogP contribution < -0.4 is 5.32 Å². The van der Waals surface area contributed by atoms with Crippen LogP contribution in [0.4, 0.5) is 5.82 Å². The number of halogens is 1. The quantitative estimate of drug-likeness (QED) is 0.626. The third-order valence-corrected chi connectivity index (χ3v) is 2.00. The second-order valence-corrected chi connectivity index (χ2v) is 3.63. The highest BCUT2D eigenvalue weighted by Gasteiger charge is 2.08. The highest BCUT2D eigenvalue weighted by atomic mass is 35.5. The smallest absolute Gasteiger partial charge is 0.306 e. The van der Waals surface area contributed by atoms with Gasteiger partial charge in [-0.1, -0.05) is 24.3 Å².